The molecule has 0 saturated heterocycles. The average Bonchev–Trinajstić information content (AvgIpc) is 2.18. The number of aliphatic hydroxyl groups is 1. The number of benzene rings is 1. The highest BCUT2D eigenvalue weighted by atomic mass is 16.5. The minimum absolute atomic E-state index is 0.106. The molecule has 0 radical (unpaired) electrons. The van der Waals surface area contributed by atoms with Crippen molar-refractivity contribution in [2.75, 3.05) is 13.7 Å². The number of aliphatic hydroxyl groups excluding tert-OH is 1. The first-order valence-corrected chi connectivity index (χ1v) is 3.99. The van der Waals surface area contributed by atoms with Gasteiger partial charge in [0, 0.05) is 6.61 Å². The van der Waals surface area contributed by atoms with Crippen molar-refractivity contribution in [3.8, 4) is 11.8 Å². The van der Waals surface area contributed by atoms with Gasteiger partial charge in [-0.25, -0.2) is 0 Å². The van der Waals surface area contributed by atoms with Crippen molar-refractivity contribution in [2.45, 2.75) is 6.42 Å². The van der Waals surface area contributed by atoms with Gasteiger partial charge in [0.1, 0.15) is 11.8 Å². The van der Waals surface area contributed by atoms with Crippen LogP contribution in [0.1, 0.15) is 11.1 Å². The zero-order valence-corrected chi connectivity index (χ0v) is 7.45. The summed E-state index contributed by atoms with van der Waals surface area (Å²) in [4.78, 5) is 0. The van der Waals surface area contributed by atoms with E-state index in [1.165, 1.54) is 7.11 Å². The molecule has 1 aromatic carbocycles. The van der Waals surface area contributed by atoms with Crippen LogP contribution >= 0.6 is 0 Å². The Morgan fingerprint density at radius 3 is 2.85 bits per heavy atom. The summed E-state index contributed by atoms with van der Waals surface area (Å²) in [5.41, 5.74) is 1.49. The Bertz CT molecular complexity index is 328. The molecule has 0 aliphatic carbocycles. The summed E-state index contributed by atoms with van der Waals surface area (Å²) in [6.07, 6.45) is 0.585. The Morgan fingerprint density at radius 1 is 1.54 bits per heavy atom. The molecule has 3 heteroatoms. The number of rotatable bonds is 3. The second kappa shape index (κ2) is 4.48. The molecular weight excluding hydrogens is 166 g/mol. The lowest BCUT2D eigenvalue weighted by atomic mass is 10.1. The first kappa shape index (κ1) is 9.56. The first-order valence-electron chi connectivity index (χ1n) is 3.99. The van der Waals surface area contributed by atoms with E-state index in [1.807, 2.05) is 12.1 Å². The molecule has 1 aromatic rings. The molecular formula is C10H11NO2. The molecule has 0 unspecified atom stereocenters. The molecule has 0 aliphatic heterocycles. The van der Waals surface area contributed by atoms with Crippen LogP contribution in [0.4, 0.5) is 0 Å². The minimum Gasteiger partial charge on any atom is -0.495 e. The molecule has 1 N–H and O–H groups in total. The highest BCUT2D eigenvalue weighted by Crippen LogP contribution is 2.19. The molecule has 68 valence electrons. The molecule has 13 heavy (non-hydrogen) atoms. The van der Waals surface area contributed by atoms with Gasteiger partial charge in [0.15, 0.2) is 0 Å². The van der Waals surface area contributed by atoms with Gasteiger partial charge < -0.3 is 9.84 Å². The van der Waals surface area contributed by atoms with Gasteiger partial charge in [-0.1, -0.05) is 6.07 Å². The summed E-state index contributed by atoms with van der Waals surface area (Å²) < 4.78 is 5.02. The normalized spacial score (nSPS) is 9.31. The largest absolute Gasteiger partial charge is 0.495 e. The van der Waals surface area contributed by atoms with Gasteiger partial charge in [-0.3, -0.25) is 0 Å². The van der Waals surface area contributed by atoms with Crippen molar-refractivity contribution >= 4 is 0 Å². The van der Waals surface area contributed by atoms with Crippen molar-refractivity contribution in [1.29, 1.82) is 5.26 Å². The maximum absolute atomic E-state index is 8.70. The van der Waals surface area contributed by atoms with Crippen LogP contribution in [0.5, 0.6) is 5.75 Å². The van der Waals surface area contributed by atoms with E-state index in [0.29, 0.717) is 17.7 Å². The number of hydrogen-bond acceptors (Lipinski definition) is 3. The minimum atomic E-state index is 0.106. The maximum atomic E-state index is 8.70. The summed E-state index contributed by atoms with van der Waals surface area (Å²) in [7, 11) is 1.53. The topological polar surface area (TPSA) is 53.2 Å². The Labute approximate surface area is 77.2 Å². The molecule has 0 spiro atoms. The third-order valence-electron chi connectivity index (χ3n) is 1.79. The molecule has 0 bridgehead atoms. The van der Waals surface area contributed by atoms with E-state index < -0.39 is 0 Å². The fourth-order valence-electron chi connectivity index (χ4n) is 1.11. The summed E-state index contributed by atoms with van der Waals surface area (Å²) in [5, 5.41) is 17.4. The quantitative estimate of drug-likeness (QED) is 0.752. The molecule has 0 fully saturated rings. The predicted octanol–water partition coefficient (Wildman–Crippen LogP) is 1.10. The Hall–Kier alpha value is -1.53. The average molecular weight is 177 g/mol. The zero-order valence-electron chi connectivity index (χ0n) is 7.45. The summed E-state index contributed by atoms with van der Waals surface area (Å²) >= 11 is 0. The van der Waals surface area contributed by atoms with Crippen LogP contribution < -0.4 is 4.74 Å². The van der Waals surface area contributed by atoms with Gasteiger partial charge in [-0.05, 0) is 24.1 Å². The second-order valence-electron chi connectivity index (χ2n) is 2.62. The van der Waals surface area contributed by atoms with Crippen LogP contribution in [0.3, 0.4) is 0 Å². The lowest BCUT2D eigenvalue weighted by Gasteiger charge is -2.04. The van der Waals surface area contributed by atoms with Crippen LogP contribution in [0.2, 0.25) is 0 Å². The summed E-state index contributed by atoms with van der Waals surface area (Å²) in [5.74, 6) is 0.563. The highest BCUT2D eigenvalue weighted by molar-refractivity contribution is 5.45. The number of ether oxygens (including phenoxy) is 1. The van der Waals surface area contributed by atoms with Gasteiger partial charge >= 0.3 is 0 Å². The van der Waals surface area contributed by atoms with Gasteiger partial charge in [-0.2, -0.15) is 5.26 Å². The van der Waals surface area contributed by atoms with E-state index >= 15 is 0 Å². The van der Waals surface area contributed by atoms with Gasteiger partial charge in [0.05, 0.1) is 12.7 Å². The Morgan fingerprint density at radius 2 is 2.31 bits per heavy atom. The smallest absolute Gasteiger partial charge is 0.136 e. The van der Waals surface area contributed by atoms with E-state index in [-0.39, 0.29) is 6.61 Å². The summed E-state index contributed by atoms with van der Waals surface area (Å²) in [6, 6.07) is 7.32. The van der Waals surface area contributed by atoms with Crippen molar-refractivity contribution in [3.63, 3.8) is 0 Å². The first-order chi connectivity index (χ1) is 6.31. The lowest BCUT2D eigenvalue weighted by Crippen LogP contribution is -1.93. The molecule has 0 saturated carbocycles. The van der Waals surface area contributed by atoms with Crippen LogP contribution in [0, 0.1) is 11.3 Å². The molecule has 1 rings (SSSR count). The SMILES string of the molecule is COc1cc(CCO)ccc1C#N. The van der Waals surface area contributed by atoms with Crippen LogP contribution in [-0.2, 0) is 6.42 Å². The van der Waals surface area contributed by atoms with Crippen molar-refractivity contribution in [1.82, 2.24) is 0 Å². The van der Waals surface area contributed by atoms with E-state index in [2.05, 4.69) is 0 Å². The molecule has 0 amide bonds. The third kappa shape index (κ3) is 2.20. The van der Waals surface area contributed by atoms with E-state index in [4.69, 9.17) is 15.1 Å². The number of nitriles is 1. The third-order valence-corrected chi connectivity index (χ3v) is 1.79. The zero-order chi connectivity index (χ0) is 9.68. The second-order valence-corrected chi connectivity index (χ2v) is 2.62. The van der Waals surface area contributed by atoms with Gasteiger partial charge in [0.2, 0.25) is 0 Å². The van der Waals surface area contributed by atoms with Crippen LogP contribution in [0.25, 0.3) is 0 Å². The number of methoxy groups -OCH3 is 1. The van der Waals surface area contributed by atoms with E-state index in [9.17, 15) is 0 Å². The Kier molecular flexibility index (Phi) is 3.30. The fraction of sp³-hybridized carbons (Fsp3) is 0.300. The van der Waals surface area contributed by atoms with Crippen molar-refractivity contribution < 1.29 is 9.84 Å². The standard InChI is InChI=1S/C10H11NO2/c1-13-10-6-8(4-5-12)2-3-9(10)7-11/h2-3,6,12H,4-5H2,1H3. The molecule has 0 aromatic heterocycles. The van der Waals surface area contributed by atoms with Gasteiger partial charge in [-0.15, -0.1) is 0 Å². The summed E-state index contributed by atoms with van der Waals surface area (Å²) in [6.45, 7) is 0.106. The predicted molar refractivity (Wildman–Crippen MR) is 48.5 cm³/mol. The molecule has 3 nitrogen and oxygen atoms in total. The van der Waals surface area contributed by atoms with E-state index in [0.717, 1.165) is 5.56 Å². The Balaban J connectivity index is 3.00. The molecule has 0 atom stereocenters. The number of nitrogens with zero attached hydrogens (tertiary/aromatic N) is 1. The maximum Gasteiger partial charge on any atom is 0.136 e. The lowest BCUT2D eigenvalue weighted by molar-refractivity contribution is 0.299. The monoisotopic (exact) mass is 177 g/mol. The fourth-order valence-corrected chi connectivity index (χ4v) is 1.11. The number of hydrogen-bond donors (Lipinski definition) is 1. The molecule has 0 heterocycles. The van der Waals surface area contributed by atoms with Gasteiger partial charge in [0.25, 0.3) is 0 Å². The van der Waals surface area contributed by atoms with E-state index in [1.54, 1.807) is 12.1 Å². The molecule has 0 aliphatic rings. The highest BCUT2D eigenvalue weighted by Gasteiger charge is 2.02. The van der Waals surface area contributed by atoms with Crippen molar-refractivity contribution in [2.24, 2.45) is 0 Å². The van der Waals surface area contributed by atoms with Crippen molar-refractivity contribution in [3.05, 3.63) is 29.3 Å². The van der Waals surface area contributed by atoms with Crippen LogP contribution in [0.15, 0.2) is 18.2 Å². The van der Waals surface area contributed by atoms with Crippen LogP contribution in [-0.4, -0.2) is 18.8 Å².